The van der Waals surface area contributed by atoms with E-state index in [1.165, 1.54) is 11.8 Å². The number of pyridine rings is 1. The molecule has 1 fully saturated rings. The molecule has 0 bridgehead atoms. The molecule has 4 rings (SSSR count). The summed E-state index contributed by atoms with van der Waals surface area (Å²) >= 11 is 6.75. The molecule has 0 spiro atoms. The molecule has 0 radical (unpaired) electrons. The van der Waals surface area contributed by atoms with Gasteiger partial charge in [-0.05, 0) is 30.2 Å². The molecule has 1 aliphatic heterocycles. The molecule has 0 atom stereocenters. The third-order valence-electron chi connectivity index (χ3n) is 4.28. The lowest BCUT2D eigenvalue weighted by molar-refractivity contribution is -0.122. The van der Waals surface area contributed by atoms with E-state index in [1.54, 1.807) is 4.90 Å². The van der Waals surface area contributed by atoms with Crippen molar-refractivity contribution in [2.75, 3.05) is 0 Å². The van der Waals surface area contributed by atoms with E-state index in [2.05, 4.69) is 0 Å². The monoisotopic (exact) mass is 376 g/mol. The number of carbonyl (C=O) groups excluding carboxylic acids is 1. The second-order valence-corrected chi connectivity index (χ2v) is 7.81. The van der Waals surface area contributed by atoms with E-state index in [-0.39, 0.29) is 5.91 Å². The second kappa shape index (κ2) is 7.02. The van der Waals surface area contributed by atoms with Crippen LogP contribution in [0.15, 0.2) is 65.6 Å². The zero-order valence-electron chi connectivity index (χ0n) is 14.2. The number of para-hydroxylation sites is 1. The molecule has 3 nitrogen and oxygen atoms in total. The Morgan fingerprint density at radius 2 is 1.88 bits per heavy atom. The van der Waals surface area contributed by atoms with Gasteiger partial charge in [-0.1, -0.05) is 78.6 Å². The van der Waals surface area contributed by atoms with Crippen molar-refractivity contribution in [3.63, 3.8) is 0 Å². The number of benzene rings is 2. The molecule has 3 aromatic rings. The number of amides is 1. The topological polar surface area (TPSA) is 33.2 Å². The summed E-state index contributed by atoms with van der Waals surface area (Å²) < 4.78 is 0.585. The molecule has 26 heavy (non-hydrogen) atoms. The zero-order chi connectivity index (χ0) is 18.1. The van der Waals surface area contributed by atoms with Gasteiger partial charge in [0, 0.05) is 5.39 Å². The fraction of sp³-hybridized carbons (Fsp3) is 0.0952. The first kappa shape index (κ1) is 16.9. The van der Waals surface area contributed by atoms with Gasteiger partial charge < -0.3 is 0 Å². The fourth-order valence-corrected chi connectivity index (χ4v) is 4.17. The van der Waals surface area contributed by atoms with E-state index in [0.717, 1.165) is 27.7 Å². The Morgan fingerprint density at radius 3 is 2.69 bits per heavy atom. The van der Waals surface area contributed by atoms with Crippen LogP contribution in [0, 0.1) is 6.92 Å². The molecular formula is C21H16N2OS2. The number of aryl methyl sites for hydroxylation is 1. The summed E-state index contributed by atoms with van der Waals surface area (Å²) in [6.07, 6.45) is 1.83. The van der Waals surface area contributed by atoms with Crippen LogP contribution in [0.25, 0.3) is 17.0 Å². The molecule has 1 aromatic heterocycles. The standard InChI is InChI=1S/C21H16N2OS2/c1-14-6-5-9-16-10-11-17(22-19(14)16)12-18-20(24)23(21(25)26-18)13-15-7-3-2-4-8-15/h2-12H,13H2,1H3/b18-12-. The summed E-state index contributed by atoms with van der Waals surface area (Å²) in [5, 5.41) is 1.10. The number of aromatic nitrogens is 1. The Bertz CT molecular complexity index is 1040. The van der Waals surface area contributed by atoms with Crippen LogP contribution >= 0.6 is 24.0 Å². The second-order valence-electron chi connectivity index (χ2n) is 6.14. The van der Waals surface area contributed by atoms with Gasteiger partial charge >= 0.3 is 0 Å². The van der Waals surface area contributed by atoms with Crippen molar-refractivity contribution in [2.45, 2.75) is 13.5 Å². The smallest absolute Gasteiger partial charge is 0.266 e. The molecule has 128 valence electrons. The average Bonchev–Trinajstić information content (AvgIpc) is 2.91. The first-order valence-corrected chi connectivity index (χ1v) is 9.50. The molecule has 1 aliphatic rings. The lowest BCUT2D eigenvalue weighted by Gasteiger charge is -2.14. The molecular weight excluding hydrogens is 360 g/mol. The molecule has 0 saturated carbocycles. The number of fused-ring (bicyclic) bond motifs is 1. The van der Waals surface area contributed by atoms with Gasteiger partial charge in [0.1, 0.15) is 4.32 Å². The minimum Gasteiger partial charge on any atom is -0.288 e. The van der Waals surface area contributed by atoms with Crippen LogP contribution in [0.5, 0.6) is 0 Å². The Kier molecular flexibility index (Phi) is 4.57. The van der Waals surface area contributed by atoms with E-state index in [1.807, 2.05) is 73.7 Å². The fourth-order valence-electron chi connectivity index (χ4n) is 2.93. The largest absolute Gasteiger partial charge is 0.288 e. The summed E-state index contributed by atoms with van der Waals surface area (Å²) in [7, 11) is 0. The SMILES string of the molecule is Cc1cccc2ccc(/C=C3\SC(=S)N(Cc4ccccc4)C3=O)nc12. The molecule has 1 amide bonds. The van der Waals surface area contributed by atoms with E-state index >= 15 is 0 Å². The molecule has 1 saturated heterocycles. The molecule has 2 heterocycles. The summed E-state index contributed by atoms with van der Waals surface area (Å²) in [5.74, 6) is -0.0597. The highest BCUT2D eigenvalue weighted by molar-refractivity contribution is 8.26. The summed E-state index contributed by atoms with van der Waals surface area (Å²) in [5.41, 5.74) is 3.91. The predicted molar refractivity (Wildman–Crippen MR) is 112 cm³/mol. The van der Waals surface area contributed by atoms with Gasteiger partial charge in [0.2, 0.25) is 0 Å². The maximum absolute atomic E-state index is 12.8. The number of thiocarbonyl (C=S) groups is 1. The number of hydrogen-bond acceptors (Lipinski definition) is 4. The highest BCUT2D eigenvalue weighted by atomic mass is 32.2. The minimum absolute atomic E-state index is 0.0597. The van der Waals surface area contributed by atoms with Crippen LogP contribution < -0.4 is 0 Å². The van der Waals surface area contributed by atoms with Gasteiger partial charge in [0.05, 0.1) is 22.7 Å². The lowest BCUT2D eigenvalue weighted by Crippen LogP contribution is -2.27. The number of hydrogen-bond donors (Lipinski definition) is 0. The maximum Gasteiger partial charge on any atom is 0.266 e. The number of nitrogens with zero attached hydrogens (tertiary/aromatic N) is 2. The highest BCUT2D eigenvalue weighted by Crippen LogP contribution is 2.33. The van der Waals surface area contributed by atoms with Crippen molar-refractivity contribution in [2.24, 2.45) is 0 Å². The number of carbonyl (C=O) groups is 1. The van der Waals surface area contributed by atoms with Crippen LogP contribution in [-0.2, 0) is 11.3 Å². The quantitative estimate of drug-likeness (QED) is 0.479. The molecule has 5 heteroatoms. The van der Waals surface area contributed by atoms with Gasteiger partial charge in [0.15, 0.2) is 0 Å². The molecule has 0 unspecified atom stereocenters. The maximum atomic E-state index is 12.8. The molecule has 2 aromatic carbocycles. The summed E-state index contributed by atoms with van der Waals surface area (Å²) in [6.45, 7) is 2.53. The van der Waals surface area contributed by atoms with Crippen molar-refractivity contribution in [1.29, 1.82) is 0 Å². The van der Waals surface area contributed by atoms with Gasteiger partial charge in [-0.3, -0.25) is 9.69 Å². The van der Waals surface area contributed by atoms with Crippen LogP contribution in [-0.4, -0.2) is 20.1 Å². The predicted octanol–water partition coefficient (Wildman–Crippen LogP) is 4.94. The molecule has 0 aliphatic carbocycles. The van der Waals surface area contributed by atoms with Gasteiger partial charge in [0.25, 0.3) is 5.91 Å². The van der Waals surface area contributed by atoms with E-state index in [0.29, 0.717) is 15.8 Å². The molecule has 0 N–H and O–H groups in total. The Hall–Kier alpha value is -2.50. The van der Waals surface area contributed by atoms with Crippen molar-refractivity contribution >= 4 is 51.2 Å². The van der Waals surface area contributed by atoms with Gasteiger partial charge in [-0.25, -0.2) is 4.98 Å². The van der Waals surface area contributed by atoms with Crippen molar-refractivity contribution in [3.05, 3.63) is 82.4 Å². The minimum atomic E-state index is -0.0597. The zero-order valence-corrected chi connectivity index (χ0v) is 15.8. The summed E-state index contributed by atoms with van der Waals surface area (Å²) in [6, 6.07) is 19.9. The lowest BCUT2D eigenvalue weighted by atomic mass is 10.1. The highest BCUT2D eigenvalue weighted by Gasteiger charge is 2.32. The van der Waals surface area contributed by atoms with Crippen LogP contribution in [0.4, 0.5) is 0 Å². The third kappa shape index (κ3) is 3.28. The number of thioether (sulfide) groups is 1. The number of rotatable bonds is 3. The van der Waals surface area contributed by atoms with Gasteiger partial charge in [-0.15, -0.1) is 0 Å². The van der Waals surface area contributed by atoms with Gasteiger partial charge in [-0.2, -0.15) is 0 Å². The van der Waals surface area contributed by atoms with Crippen LogP contribution in [0.3, 0.4) is 0 Å². The Morgan fingerprint density at radius 1 is 1.08 bits per heavy atom. The van der Waals surface area contributed by atoms with Crippen molar-refractivity contribution in [1.82, 2.24) is 9.88 Å². The van der Waals surface area contributed by atoms with Crippen molar-refractivity contribution in [3.8, 4) is 0 Å². The first-order valence-electron chi connectivity index (χ1n) is 8.27. The van der Waals surface area contributed by atoms with Crippen LogP contribution in [0.1, 0.15) is 16.8 Å². The van der Waals surface area contributed by atoms with Crippen LogP contribution in [0.2, 0.25) is 0 Å². The van der Waals surface area contributed by atoms with Crippen molar-refractivity contribution < 1.29 is 4.79 Å². The van der Waals surface area contributed by atoms with E-state index in [9.17, 15) is 4.79 Å². The Balaban J connectivity index is 1.63. The normalized spacial score (nSPS) is 16.0. The average molecular weight is 377 g/mol. The van der Waals surface area contributed by atoms with E-state index in [4.69, 9.17) is 17.2 Å². The van der Waals surface area contributed by atoms with E-state index < -0.39 is 0 Å². The third-order valence-corrected chi connectivity index (χ3v) is 5.66. The summed E-state index contributed by atoms with van der Waals surface area (Å²) in [4.78, 5) is 19.7. The first-order chi connectivity index (χ1) is 12.6. The Labute approximate surface area is 161 Å².